The minimum atomic E-state index is -0.214. The van der Waals surface area contributed by atoms with Crippen LogP contribution in [0.2, 0.25) is 0 Å². The molecule has 0 aliphatic rings. The van der Waals surface area contributed by atoms with Crippen molar-refractivity contribution in [2.75, 3.05) is 0 Å². The molecule has 0 spiro atoms. The molecule has 5 nitrogen and oxygen atoms in total. The van der Waals surface area contributed by atoms with Crippen LogP contribution in [-0.4, -0.2) is 9.55 Å². The van der Waals surface area contributed by atoms with Gasteiger partial charge in [0.2, 0.25) is 5.71 Å². The molecular formula is C21H17N3O2. The van der Waals surface area contributed by atoms with E-state index in [0.717, 1.165) is 11.1 Å². The van der Waals surface area contributed by atoms with Crippen molar-refractivity contribution < 1.29 is 4.42 Å². The lowest BCUT2D eigenvalue weighted by Gasteiger charge is -2.08. The van der Waals surface area contributed by atoms with Gasteiger partial charge in [0, 0.05) is 6.20 Å². The average molecular weight is 343 g/mol. The number of hydrogen-bond acceptors (Lipinski definition) is 4. The zero-order valence-electron chi connectivity index (χ0n) is 14.5. The molecule has 26 heavy (non-hydrogen) atoms. The molecule has 0 aliphatic heterocycles. The molecule has 0 saturated carbocycles. The van der Waals surface area contributed by atoms with Crippen LogP contribution in [0.4, 0.5) is 5.69 Å². The van der Waals surface area contributed by atoms with Gasteiger partial charge in [0.1, 0.15) is 5.39 Å². The molecule has 4 aromatic rings. The SMILES string of the molecule is Cc1ccc(N=c2oc3ncccc3c(=O)n2-c2ccc(C)cc2)cc1. The van der Waals surface area contributed by atoms with E-state index in [1.54, 1.807) is 18.3 Å². The number of rotatable bonds is 2. The van der Waals surface area contributed by atoms with Gasteiger partial charge in [-0.2, -0.15) is 4.99 Å². The summed E-state index contributed by atoms with van der Waals surface area (Å²) in [6, 6.07) is 18.8. The molecule has 0 N–H and O–H groups in total. The second kappa shape index (κ2) is 6.44. The van der Waals surface area contributed by atoms with Gasteiger partial charge in [-0.1, -0.05) is 35.4 Å². The van der Waals surface area contributed by atoms with Crippen LogP contribution in [0.5, 0.6) is 0 Å². The molecule has 0 bridgehead atoms. The Morgan fingerprint density at radius 1 is 0.923 bits per heavy atom. The fourth-order valence-electron chi connectivity index (χ4n) is 2.70. The van der Waals surface area contributed by atoms with Crippen molar-refractivity contribution in [1.29, 1.82) is 0 Å². The number of fused-ring (bicyclic) bond motifs is 1. The second-order valence-corrected chi connectivity index (χ2v) is 6.16. The van der Waals surface area contributed by atoms with Gasteiger partial charge in [-0.05, 0) is 50.2 Å². The molecule has 2 aromatic carbocycles. The zero-order chi connectivity index (χ0) is 18.1. The lowest BCUT2D eigenvalue weighted by molar-refractivity contribution is 0.478. The summed E-state index contributed by atoms with van der Waals surface area (Å²) in [5.41, 5.74) is 3.89. The number of nitrogens with zero attached hydrogens (tertiary/aromatic N) is 3. The first-order valence-electron chi connectivity index (χ1n) is 8.31. The zero-order valence-corrected chi connectivity index (χ0v) is 14.5. The largest absolute Gasteiger partial charge is 0.405 e. The Kier molecular flexibility index (Phi) is 3.97. The van der Waals surface area contributed by atoms with Crippen LogP contribution in [0, 0.1) is 13.8 Å². The molecule has 4 rings (SSSR count). The minimum absolute atomic E-state index is 0.189. The van der Waals surface area contributed by atoms with Crippen LogP contribution < -0.4 is 11.2 Å². The highest BCUT2D eigenvalue weighted by molar-refractivity contribution is 5.71. The predicted octanol–water partition coefficient (Wildman–Crippen LogP) is 3.83. The van der Waals surface area contributed by atoms with Crippen LogP contribution in [0.15, 0.2) is 81.1 Å². The number of hydrogen-bond donors (Lipinski definition) is 0. The smallest absolute Gasteiger partial charge is 0.311 e. The van der Waals surface area contributed by atoms with Crippen LogP contribution in [0.1, 0.15) is 11.1 Å². The molecule has 0 fully saturated rings. The van der Waals surface area contributed by atoms with Crippen molar-refractivity contribution in [2.24, 2.45) is 4.99 Å². The first-order valence-corrected chi connectivity index (χ1v) is 8.31. The Morgan fingerprint density at radius 3 is 2.27 bits per heavy atom. The Labute approximate surface area is 149 Å². The molecule has 0 saturated heterocycles. The highest BCUT2D eigenvalue weighted by atomic mass is 16.4. The molecule has 0 aliphatic carbocycles. The summed E-state index contributed by atoms with van der Waals surface area (Å²) in [5.74, 6) is 0. The highest BCUT2D eigenvalue weighted by Crippen LogP contribution is 2.13. The van der Waals surface area contributed by atoms with Crippen molar-refractivity contribution in [3.63, 3.8) is 0 Å². The standard InChI is InChI=1S/C21H17N3O2/c1-14-5-9-16(10-6-14)23-21-24(17-11-7-15(2)8-12-17)20(25)18-4-3-13-22-19(18)26-21/h3-13H,1-2H3. The predicted molar refractivity (Wildman–Crippen MR) is 101 cm³/mol. The van der Waals surface area contributed by atoms with E-state index >= 15 is 0 Å². The van der Waals surface area contributed by atoms with Crippen molar-refractivity contribution in [3.8, 4) is 5.69 Å². The molecule has 0 unspecified atom stereocenters. The first-order chi connectivity index (χ1) is 12.6. The number of pyridine rings is 1. The molecule has 2 heterocycles. The molecule has 0 amide bonds. The Morgan fingerprint density at radius 2 is 1.58 bits per heavy atom. The van der Waals surface area contributed by atoms with Crippen molar-refractivity contribution in [3.05, 3.63) is 94.0 Å². The van der Waals surface area contributed by atoms with Crippen molar-refractivity contribution >= 4 is 16.8 Å². The molecule has 0 atom stereocenters. The van der Waals surface area contributed by atoms with Gasteiger partial charge in [-0.25, -0.2) is 9.55 Å². The lowest BCUT2D eigenvalue weighted by atomic mass is 10.2. The van der Waals surface area contributed by atoms with E-state index in [1.807, 2.05) is 62.4 Å². The summed E-state index contributed by atoms with van der Waals surface area (Å²) in [6.45, 7) is 4.01. The van der Waals surface area contributed by atoms with E-state index in [2.05, 4.69) is 9.98 Å². The number of aryl methyl sites for hydroxylation is 2. The fourth-order valence-corrected chi connectivity index (χ4v) is 2.70. The first kappa shape index (κ1) is 16.0. The summed E-state index contributed by atoms with van der Waals surface area (Å²) >= 11 is 0. The van der Waals surface area contributed by atoms with E-state index in [4.69, 9.17) is 4.42 Å². The summed E-state index contributed by atoms with van der Waals surface area (Å²) in [7, 11) is 0. The lowest BCUT2D eigenvalue weighted by Crippen LogP contribution is -2.32. The average Bonchev–Trinajstić information content (AvgIpc) is 2.65. The molecule has 128 valence electrons. The molecule has 2 aromatic heterocycles. The quantitative estimate of drug-likeness (QED) is 0.556. The van der Waals surface area contributed by atoms with Crippen LogP contribution in [0.3, 0.4) is 0 Å². The van der Waals surface area contributed by atoms with Crippen molar-refractivity contribution in [1.82, 2.24) is 9.55 Å². The van der Waals surface area contributed by atoms with E-state index in [-0.39, 0.29) is 17.0 Å². The normalized spacial score (nSPS) is 11.8. The monoisotopic (exact) mass is 343 g/mol. The van der Waals surface area contributed by atoms with E-state index in [9.17, 15) is 4.79 Å². The highest BCUT2D eigenvalue weighted by Gasteiger charge is 2.11. The minimum Gasteiger partial charge on any atom is -0.405 e. The summed E-state index contributed by atoms with van der Waals surface area (Å²) < 4.78 is 7.35. The van der Waals surface area contributed by atoms with Crippen LogP contribution in [-0.2, 0) is 0 Å². The fraction of sp³-hybridized carbons (Fsp3) is 0.0952. The third-order valence-electron chi connectivity index (χ3n) is 4.13. The van der Waals surface area contributed by atoms with Gasteiger partial charge < -0.3 is 4.42 Å². The van der Waals surface area contributed by atoms with Gasteiger partial charge in [0.15, 0.2) is 0 Å². The second-order valence-electron chi connectivity index (χ2n) is 6.16. The van der Waals surface area contributed by atoms with E-state index < -0.39 is 0 Å². The Bertz CT molecular complexity index is 1200. The maximum absolute atomic E-state index is 13.1. The molecular weight excluding hydrogens is 326 g/mol. The summed E-state index contributed by atoms with van der Waals surface area (Å²) in [4.78, 5) is 21.8. The van der Waals surface area contributed by atoms with E-state index in [0.29, 0.717) is 16.8 Å². The van der Waals surface area contributed by atoms with Gasteiger partial charge in [0.05, 0.1) is 11.4 Å². The maximum Gasteiger partial charge on any atom is 0.311 e. The van der Waals surface area contributed by atoms with Gasteiger partial charge in [-0.3, -0.25) is 4.79 Å². The summed E-state index contributed by atoms with van der Waals surface area (Å²) in [6.07, 6.45) is 1.59. The van der Waals surface area contributed by atoms with Gasteiger partial charge in [0.25, 0.3) is 5.56 Å². The maximum atomic E-state index is 13.1. The third kappa shape index (κ3) is 2.95. The Hall–Kier alpha value is -3.47. The number of benzene rings is 2. The summed E-state index contributed by atoms with van der Waals surface area (Å²) in [5, 5.41) is 0.413. The van der Waals surface area contributed by atoms with Crippen molar-refractivity contribution in [2.45, 2.75) is 13.8 Å². The third-order valence-corrected chi connectivity index (χ3v) is 4.13. The number of aromatic nitrogens is 2. The van der Waals surface area contributed by atoms with Gasteiger partial charge >= 0.3 is 5.68 Å². The van der Waals surface area contributed by atoms with Crippen LogP contribution >= 0.6 is 0 Å². The van der Waals surface area contributed by atoms with Gasteiger partial charge in [-0.15, -0.1) is 0 Å². The topological polar surface area (TPSA) is 60.4 Å². The van der Waals surface area contributed by atoms with Crippen LogP contribution in [0.25, 0.3) is 16.8 Å². The molecule has 5 heteroatoms. The molecule has 0 radical (unpaired) electrons. The Balaban J connectivity index is 2.07. The van der Waals surface area contributed by atoms with E-state index in [1.165, 1.54) is 4.57 Å².